The van der Waals surface area contributed by atoms with Gasteiger partial charge in [0, 0.05) is 6.08 Å². The van der Waals surface area contributed by atoms with E-state index < -0.39 is 0 Å². The second-order valence-corrected chi connectivity index (χ2v) is 5.84. The molecule has 1 aromatic heterocycles. The van der Waals surface area contributed by atoms with Gasteiger partial charge in [-0.1, -0.05) is 12.1 Å². The fourth-order valence-electron chi connectivity index (χ4n) is 2.07. The lowest BCUT2D eigenvalue weighted by Crippen LogP contribution is -2.27. The minimum Gasteiger partial charge on any atom is -0.462 e. The van der Waals surface area contributed by atoms with Crippen molar-refractivity contribution < 1.29 is 18.4 Å². The van der Waals surface area contributed by atoms with Crippen molar-refractivity contribution in [1.29, 1.82) is 0 Å². The number of imide groups is 1. The highest BCUT2D eigenvalue weighted by molar-refractivity contribution is 8.18. The molecule has 112 valence electrons. The van der Waals surface area contributed by atoms with Gasteiger partial charge in [-0.25, -0.2) is 4.39 Å². The van der Waals surface area contributed by atoms with Crippen molar-refractivity contribution in [3.05, 3.63) is 64.2 Å². The highest BCUT2D eigenvalue weighted by Gasteiger charge is 2.35. The number of benzene rings is 1. The quantitative estimate of drug-likeness (QED) is 0.804. The summed E-state index contributed by atoms with van der Waals surface area (Å²) in [6.07, 6.45) is 1.56. The first-order chi connectivity index (χ1) is 10.5. The van der Waals surface area contributed by atoms with Crippen molar-refractivity contribution in [3.8, 4) is 0 Å². The van der Waals surface area contributed by atoms with E-state index in [2.05, 4.69) is 0 Å². The zero-order valence-electron chi connectivity index (χ0n) is 11.7. The number of halogens is 1. The van der Waals surface area contributed by atoms with E-state index in [4.69, 9.17) is 4.42 Å². The van der Waals surface area contributed by atoms with Gasteiger partial charge in [0.2, 0.25) is 0 Å². The van der Waals surface area contributed by atoms with Crippen molar-refractivity contribution in [1.82, 2.24) is 4.90 Å². The van der Waals surface area contributed by atoms with Gasteiger partial charge < -0.3 is 4.42 Å². The van der Waals surface area contributed by atoms with Crippen LogP contribution in [0.15, 0.2) is 45.7 Å². The van der Waals surface area contributed by atoms with Crippen LogP contribution >= 0.6 is 11.8 Å². The normalized spacial score (nSPS) is 16.8. The Morgan fingerprint density at radius 1 is 1.18 bits per heavy atom. The Bertz CT molecular complexity index is 764. The molecule has 0 atom stereocenters. The maximum Gasteiger partial charge on any atom is 0.293 e. The van der Waals surface area contributed by atoms with Gasteiger partial charge in [0.1, 0.15) is 17.3 Å². The number of amides is 2. The van der Waals surface area contributed by atoms with Crippen LogP contribution in [0.2, 0.25) is 0 Å². The summed E-state index contributed by atoms with van der Waals surface area (Å²) in [5, 5.41) is -0.344. The number of carbonyl (C=O) groups is 2. The van der Waals surface area contributed by atoms with Gasteiger partial charge in [-0.3, -0.25) is 14.5 Å². The average molecular weight is 317 g/mol. The van der Waals surface area contributed by atoms with Crippen molar-refractivity contribution in [2.45, 2.75) is 13.5 Å². The summed E-state index contributed by atoms with van der Waals surface area (Å²) in [4.78, 5) is 25.7. The van der Waals surface area contributed by atoms with Crippen molar-refractivity contribution in [2.75, 3.05) is 0 Å². The molecule has 1 aromatic carbocycles. The highest BCUT2D eigenvalue weighted by Crippen LogP contribution is 2.33. The van der Waals surface area contributed by atoms with E-state index in [9.17, 15) is 14.0 Å². The molecule has 0 saturated carbocycles. The number of thioether (sulfide) groups is 1. The number of hydrogen-bond acceptors (Lipinski definition) is 4. The first kappa shape index (κ1) is 14.6. The van der Waals surface area contributed by atoms with Gasteiger partial charge in [0.05, 0.1) is 11.4 Å². The standard InChI is InChI=1S/C16H12FNO3S/c1-10-2-7-13(21-10)8-14-15(19)18(16(20)22-14)9-11-3-5-12(17)6-4-11/h2-8H,9H2,1H3. The summed E-state index contributed by atoms with van der Waals surface area (Å²) in [6.45, 7) is 1.93. The van der Waals surface area contributed by atoms with Gasteiger partial charge in [-0.15, -0.1) is 0 Å². The number of hydrogen-bond donors (Lipinski definition) is 0. The van der Waals surface area contributed by atoms with Crippen LogP contribution in [0.1, 0.15) is 17.1 Å². The molecular formula is C16H12FNO3S. The van der Waals surface area contributed by atoms with Gasteiger partial charge >= 0.3 is 0 Å². The molecule has 1 aliphatic rings. The Kier molecular flexibility index (Phi) is 3.85. The number of carbonyl (C=O) groups excluding carboxylic acids is 2. The largest absolute Gasteiger partial charge is 0.462 e. The number of rotatable bonds is 3. The third-order valence-corrected chi connectivity index (χ3v) is 4.07. The third kappa shape index (κ3) is 2.96. The molecule has 0 spiro atoms. The van der Waals surface area contributed by atoms with E-state index in [1.54, 1.807) is 37.3 Å². The summed E-state index contributed by atoms with van der Waals surface area (Å²) in [7, 11) is 0. The molecule has 0 radical (unpaired) electrons. The van der Waals surface area contributed by atoms with Crippen molar-refractivity contribution in [3.63, 3.8) is 0 Å². The van der Waals surface area contributed by atoms with Crippen molar-refractivity contribution in [2.24, 2.45) is 0 Å². The van der Waals surface area contributed by atoms with Crippen LogP contribution in [-0.2, 0) is 11.3 Å². The second kappa shape index (κ2) is 5.81. The number of nitrogens with zero attached hydrogens (tertiary/aromatic N) is 1. The van der Waals surface area contributed by atoms with E-state index in [0.717, 1.165) is 22.4 Å². The second-order valence-electron chi connectivity index (χ2n) is 4.84. The van der Waals surface area contributed by atoms with Crippen LogP contribution in [0.5, 0.6) is 0 Å². The molecule has 2 heterocycles. The van der Waals surface area contributed by atoms with Crippen LogP contribution < -0.4 is 0 Å². The Balaban J connectivity index is 1.79. The molecule has 3 rings (SSSR count). The summed E-state index contributed by atoms with van der Waals surface area (Å²) in [5.41, 5.74) is 0.693. The molecule has 0 bridgehead atoms. The third-order valence-electron chi connectivity index (χ3n) is 3.16. The molecule has 0 unspecified atom stereocenters. The molecule has 22 heavy (non-hydrogen) atoms. The maximum atomic E-state index is 12.9. The topological polar surface area (TPSA) is 50.5 Å². The molecule has 1 saturated heterocycles. The first-order valence-corrected chi connectivity index (χ1v) is 7.41. The van der Waals surface area contributed by atoms with Crippen LogP contribution in [0.3, 0.4) is 0 Å². The first-order valence-electron chi connectivity index (χ1n) is 6.59. The molecule has 6 heteroatoms. The van der Waals surface area contributed by atoms with Crippen LogP contribution in [-0.4, -0.2) is 16.0 Å². The van der Waals surface area contributed by atoms with Gasteiger partial charge in [-0.05, 0) is 48.5 Å². The molecule has 1 aliphatic heterocycles. The molecule has 2 aromatic rings. The monoisotopic (exact) mass is 317 g/mol. The van der Waals surface area contributed by atoms with Crippen molar-refractivity contribution >= 4 is 29.0 Å². The predicted octanol–water partition coefficient (Wildman–Crippen LogP) is 3.96. The lowest BCUT2D eigenvalue weighted by Gasteiger charge is -2.12. The van der Waals surface area contributed by atoms with Crippen LogP contribution in [0.4, 0.5) is 9.18 Å². The van der Waals surface area contributed by atoms with Gasteiger partial charge in [-0.2, -0.15) is 0 Å². The highest BCUT2D eigenvalue weighted by atomic mass is 32.2. The SMILES string of the molecule is Cc1ccc(C=C2SC(=O)N(Cc3ccc(F)cc3)C2=O)o1. The van der Waals surface area contributed by atoms with E-state index in [1.807, 2.05) is 0 Å². The summed E-state index contributed by atoms with van der Waals surface area (Å²) in [5.74, 6) is 0.543. The fourth-order valence-corrected chi connectivity index (χ4v) is 2.89. The minimum atomic E-state index is -0.367. The Labute approximate surface area is 130 Å². The zero-order valence-corrected chi connectivity index (χ0v) is 12.5. The summed E-state index contributed by atoms with van der Waals surface area (Å²) in [6, 6.07) is 9.24. The minimum absolute atomic E-state index is 0.124. The number of aryl methyl sites for hydroxylation is 1. The Morgan fingerprint density at radius 3 is 2.55 bits per heavy atom. The average Bonchev–Trinajstić information content (AvgIpc) is 3.00. The van der Waals surface area contributed by atoms with E-state index in [-0.39, 0.29) is 23.5 Å². The Morgan fingerprint density at radius 2 is 1.91 bits per heavy atom. The fraction of sp³-hybridized carbons (Fsp3) is 0.125. The lowest BCUT2D eigenvalue weighted by atomic mass is 10.2. The maximum absolute atomic E-state index is 12.9. The molecule has 1 fully saturated rings. The summed E-state index contributed by atoms with van der Waals surface area (Å²) < 4.78 is 18.3. The molecular weight excluding hydrogens is 305 g/mol. The van der Waals surface area contributed by atoms with Gasteiger partial charge in [0.15, 0.2) is 0 Å². The Hall–Kier alpha value is -2.34. The molecule has 4 nitrogen and oxygen atoms in total. The van der Waals surface area contributed by atoms with E-state index in [1.165, 1.54) is 12.1 Å². The van der Waals surface area contributed by atoms with Crippen LogP contribution in [0.25, 0.3) is 6.08 Å². The van der Waals surface area contributed by atoms with Gasteiger partial charge in [0.25, 0.3) is 11.1 Å². The molecule has 0 N–H and O–H groups in total. The zero-order chi connectivity index (χ0) is 15.7. The number of furan rings is 1. The lowest BCUT2D eigenvalue weighted by molar-refractivity contribution is -0.123. The van der Waals surface area contributed by atoms with Crippen LogP contribution in [0, 0.1) is 12.7 Å². The van der Waals surface area contributed by atoms with E-state index >= 15 is 0 Å². The smallest absolute Gasteiger partial charge is 0.293 e. The van der Waals surface area contributed by atoms with E-state index in [0.29, 0.717) is 16.2 Å². The summed E-state index contributed by atoms with van der Waals surface area (Å²) >= 11 is 0.873. The molecule has 2 amide bonds. The molecule has 0 aliphatic carbocycles. The predicted molar refractivity (Wildman–Crippen MR) is 81.4 cm³/mol.